The zero-order valence-electron chi connectivity index (χ0n) is 14.7. The van der Waals surface area contributed by atoms with Crippen LogP contribution in [0.5, 0.6) is 0 Å². The molecule has 1 amide bonds. The van der Waals surface area contributed by atoms with Gasteiger partial charge in [0.1, 0.15) is 5.69 Å². The highest BCUT2D eigenvalue weighted by atomic mass is 16.2. The third-order valence-electron chi connectivity index (χ3n) is 4.44. The highest BCUT2D eigenvalue weighted by Gasteiger charge is 2.22. The van der Waals surface area contributed by atoms with Crippen LogP contribution < -0.4 is 5.32 Å². The fraction of sp³-hybridized carbons (Fsp3) is 0.0435. The Morgan fingerprint density at radius 1 is 0.778 bits per heavy atom. The molecule has 0 spiro atoms. The number of para-hydroxylation sites is 1. The lowest BCUT2D eigenvalue weighted by molar-refractivity contribution is 0.101. The maximum Gasteiger partial charge on any atom is 0.273 e. The van der Waals surface area contributed by atoms with Gasteiger partial charge in [-0.15, -0.1) is 0 Å². The van der Waals surface area contributed by atoms with E-state index in [1.807, 2.05) is 71.3 Å². The standard InChI is InChI=1S/C23H19N3O/c27-23(25-20-14-8-3-9-15-20)21-16-24-17-26(21)22(18-10-4-1-5-11-18)19-12-6-2-7-13-19/h1-17,22H,(H,25,27). The summed E-state index contributed by atoms with van der Waals surface area (Å²) in [6.45, 7) is 0. The maximum absolute atomic E-state index is 12.9. The quantitative estimate of drug-likeness (QED) is 0.562. The Balaban J connectivity index is 1.74. The molecule has 0 radical (unpaired) electrons. The van der Waals surface area contributed by atoms with Crippen LogP contribution in [-0.2, 0) is 0 Å². The molecule has 1 N–H and O–H groups in total. The number of hydrogen-bond acceptors (Lipinski definition) is 2. The Bertz CT molecular complexity index is 972. The molecular formula is C23H19N3O. The van der Waals surface area contributed by atoms with E-state index in [-0.39, 0.29) is 11.9 Å². The Morgan fingerprint density at radius 2 is 1.30 bits per heavy atom. The minimum Gasteiger partial charge on any atom is -0.321 e. The molecule has 0 atom stereocenters. The first-order valence-electron chi connectivity index (χ1n) is 8.81. The summed E-state index contributed by atoms with van der Waals surface area (Å²) in [5, 5.41) is 2.94. The number of rotatable bonds is 5. The molecule has 132 valence electrons. The highest BCUT2D eigenvalue weighted by molar-refractivity contribution is 6.03. The number of hydrogen-bond donors (Lipinski definition) is 1. The highest BCUT2D eigenvalue weighted by Crippen LogP contribution is 2.28. The van der Waals surface area contributed by atoms with Gasteiger partial charge in [0.2, 0.25) is 0 Å². The van der Waals surface area contributed by atoms with Crippen LogP contribution in [0.25, 0.3) is 0 Å². The lowest BCUT2D eigenvalue weighted by atomic mass is 9.98. The van der Waals surface area contributed by atoms with Crippen molar-refractivity contribution in [2.24, 2.45) is 0 Å². The van der Waals surface area contributed by atoms with Crippen LogP contribution in [0, 0.1) is 0 Å². The number of imidazole rings is 1. The van der Waals surface area contributed by atoms with Crippen molar-refractivity contribution in [3.8, 4) is 0 Å². The largest absolute Gasteiger partial charge is 0.321 e. The van der Waals surface area contributed by atoms with Gasteiger partial charge in [-0.3, -0.25) is 4.79 Å². The van der Waals surface area contributed by atoms with Crippen LogP contribution >= 0.6 is 0 Å². The Labute approximate surface area is 158 Å². The van der Waals surface area contributed by atoms with E-state index in [1.54, 1.807) is 12.5 Å². The first-order valence-corrected chi connectivity index (χ1v) is 8.81. The topological polar surface area (TPSA) is 46.9 Å². The predicted molar refractivity (Wildman–Crippen MR) is 107 cm³/mol. The van der Waals surface area contributed by atoms with Gasteiger partial charge in [0.25, 0.3) is 5.91 Å². The lowest BCUT2D eigenvalue weighted by Crippen LogP contribution is -2.21. The van der Waals surface area contributed by atoms with Crippen molar-refractivity contribution >= 4 is 11.6 Å². The Morgan fingerprint density at radius 3 is 1.85 bits per heavy atom. The smallest absolute Gasteiger partial charge is 0.273 e. The number of nitrogens with one attached hydrogen (secondary N) is 1. The van der Waals surface area contributed by atoms with E-state index < -0.39 is 0 Å². The average Bonchev–Trinajstić information content (AvgIpc) is 3.20. The molecule has 0 fully saturated rings. The molecule has 3 aromatic carbocycles. The van der Waals surface area contributed by atoms with E-state index in [0.717, 1.165) is 16.8 Å². The van der Waals surface area contributed by atoms with Gasteiger partial charge in [0.05, 0.1) is 18.6 Å². The summed E-state index contributed by atoms with van der Waals surface area (Å²) in [7, 11) is 0. The molecule has 4 rings (SSSR count). The maximum atomic E-state index is 12.9. The van der Waals surface area contributed by atoms with Gasteiger partial charge in [-0.1, -0.05) is 78.9 Å². The van der Waals surface area contributed by atoms with Gasteiger partial charge >= 0.3 is 0 Å². The Hall–Kier alpha value is -3.66. The third-order valence-corrected chi connectivity index (χ3v) is 4.44. The van der Waals surface area contributed by atoms with Crippen LogP contribution in [0.2, 0.25) is 0 Å². The molecule has 4 aromatic rings. The predicted octanol–water partition coefficient (Wildman–Crippen LogP) is 4.77. The number of carbonyl (C=O) groups excluding carboxylic acids is 1. The fourth-order valence-electron chi connectivity index (χ4n) is 3.19. The summed E-state index contributed by atoms with van der Waals surface area (Å²) in [4.78, 5) is 17.2. The molecule has 1 aromatic heterocycles. The van der Waals surface area contributed by atoms with Gasteiger partial charge in [-0.05, 0) is 23.3 Å². The van der Waals surface area contributed by atoms with Gasteiger partial charge in [0, 0.05) is 5.69 Å². The number of aromatic nitrogens is 2. The van der Waals surface area contributed by atoms with E-state index in [0.29, 0.717) is 5.69 Å². The molecule has 1 heterocycles. The third kappa shape index (κ3) is 3.65. The van der Waals surface area contributed by atoms with Crippen molar-refractivity contribution in [1.29, 1.82) is 0 Å². The fourth-order valence-corrected chi connectivity index (χ4v) is 3.19. The summed E-state index contributed by atoms with van der Waals surface area (Å²) in [6, 6.07) is 29.6. The lowest BCUT2D eigenvalue weighted by Gasteiger charge is -2.22. The van der Waals surface area contributed by atoms with Crippen LogP contribution in [-0.4, -0.2) is 15.5 Å². The van der Waals surface area contributed by atoms with Crippen molar-refractivity contribution in [2.75, 3.05) is 5.32 Å². The van der Waals surface area contributed by atoms with Gasteiger partial charge < -0.3 is 9.88 Å². The van der Waals surface area contributed by atoms with Gasteiger partial charge in [0.15, 0.2) is 0 Å². The van der Waals surface area contributed by atoms with Crippen molar-refractivity contribution in [3.63, 3.8) is 0 Å². The summed E-state index contributed by atoms with van der Waals surface area (Å²) in [5.41, 5.74) is 3.45. The minimum absolute atomic E-state index is 0.133. The molecule has 0 saturated carbocycles. The second kappa shape index (κ2) is 7.70. The zero-order valence-corrected chi connectivity index (χ0v) is 14.7. The Kier molecular flexibility index (Phi) is 4.79. The molecule has 27 heavy (non-hydrogen) atoms. The van der Waals surface area contributed by atoms with Crippen LogP contribution in [0.1, 0.15) is 27.7 Å². The molecule has 4 heteroatoms. The second-order valence-corrected chi connectivity index (χ2v) is 6.23. The summed E-state index contributed by atoms with van der Waals surface area (Å²) in [6.07, 6.45) is 3.32. The average molecular weight is 353 g/mol. The molecule has 0 aliphatic heterocycles. The van der Waals surface area contributed by atoms with Gasteiger partial charge in [-0.25, -0.2) is 4.98 Å². The van der Waals surface area contributed by atoms with Crippen molar-refractivity contribution < 1.29 is 4.79 Å². The second-order valence-electron chi connectivity index (χ2n) is 6.23. The molecule has 0 aliphatic rings. The zero-order chi connectivity index (χ0) is 18.5. The van der Waals surface area contributed by atoms with Crippen LogP contribution in [0.3, 0.4) is 0 Å². The number of carbonyl (C=O) groups is 1. The van der Waals surface area contributed by atoms with E-state index in [1.165, 1.54) is 0 Å². The molecule has 0 unspecified atom stereocenters. The van der Waals surface area contributed by atoms with Crippen LogP contribution in [0.15, 0.2) is 104 Å². The summed E-state index contributed by atoms with van der Waals surface area (Å²) >= 11 is 0. The summed E-state index contributed by atoms with van der Waals surface area (Å²) in [5.74, 6) is -0.185. The first kappa shape index (κ1) is 16.8. The van der Waals surface area contributed by atoms with Crippen molar-refractivity contribution in [2.45, 2.75) is 6.04 Å². The van der Waals surface area contributed by atoms with Crippen LogP contribution in [0.4, 0.5) is 5.69 Å². The first-order chi connectivity index (χ1) is 13.3. The molecule has 0 saturated heterocycles. The van der Waals surface area contributed by atoms with E-state index in [9.17, 15) is 4.79 Å². The number of anilines is 1. The monoisotopic (exact) mass is 353 g/mol. The number of nitrogens with zero attached hydrogens (tertiary/aromatic N) is 2. The van der Waals surface area contributed by atoms with E-state index >= 15 is 0 Å². The molecule has 4 nitrogen and oxygen atoms in total. The molecule has 0 bridgehead atoms. The normalized spacial score (nSPS) is 10.7. The van der Waals surface area contributed by atoms with Gasteiger partial charge in [-0.2, -0.15) is 0 Å². The van der Waals surface area contributed by atoms with Crippen molar-refractivity contribution in [1.82, 2.24) is 9.55 Å². The molecule has 0 aliphatic carbocycles. The van der Waals surface area contributed by atoms with Crippen molar-refractivity contribution in [3.05, 3.63) is 120 Å². The minimum atomic E-state index is -0.185. The SMILES string of the molecule is O=C(Nc1ccccc1)c1cncn1C(c1ccccc1)c1ccccc1. The van der Waals surface area contributed by atoms with E-state index in [2.05, 4.69) is 34.6 Å². The summed E-state index contributed by atoms with van der Waals surface area (Å²) < 4.78 is 1.92. The van der Waals surface area contributed by atoms with E-state index in [4.69, 9.17) is 0 Å². The number of amides is 1. The molecular weight excluding hydrogens is 334 g/mol. The number of benzene rings is 3.